The van der Waals surface area contributed by atoms with Crippen LogP contribution < -0.4 is 10.5 Å². The van der Waals surface area contributed by atoms with Crippen molar-refractivity contribution in [2.24, 2.45) is 5.73 Å². The van der Waals surface area contributed by atoms with E-state index in [1.165, 1.54) is 11.3 Å². The molecule has 1 heterocycles. The van der Waals surface area contributed by atoms with Crippen LogP contribution in [0.15, 0.2) is 39.7 Å². The van der Waals surface area contributed by atoms with E-state index in [2.05, 4.69) is 20.7 Å². The third-order valence-electron chi connectivity index (χ3n) is 2.51. The zero-order valence-electron chi connectivity index (χ0n) is 10.2. The molecule has 0 atom stereocenters. The summed E-state index contributed by atoms with van der Waals surface area (Å²) < 4.78 is 28.0. The number of rotatable bonds is 4. The third kappa shape index (κ3) is 3.36. The highest BCUT2D eigenvalue weighted by molar-refractivity contribution is 9.10. The number of hydrogen-bond acceptors (Lipinski definition) is 4. The molecule has 0 amide bonds. The van der Waals surface area contributed by atoms with Crippen LogP contribution in [-0.2, 0) is 16.6 Å². The zero-order chi connectivity index (χ0) is 14.0. The molecule has 102 valence electrons. The molecule has 0 saturated heterocycles. The van der Waals surface area contributed by atoms with Crippen LogP contribution in [0.2, 0.25) is 0 Å². The van der Waals surface area contributed by atoms with E-state index in [0.29, 0.717) is 17.1 Å². The first-order valence-electron chi connectivity index (χ1n) is 5.50. The Morgan fingerprint density at radius 1 is 1.32 bits per heavy atom. The second-order valence-corrected chi connectivity index (χ2v) is 7.86. The van der Waals surface area contributed by atoms with Gasteiger partial charge in [0.2, 0.25) is 0 Å². The molecule has 0 saturated carbocycles. The van der Waals surface area contributed by atoms with Crippen LogP contribution in [0, 0.1) is 6.92 Å². The summed E-state index contributed by atoms with van der Waals surface area (Å²) in [6.45, 7) is 2.12. The normalized spacial score (nSPS) is 11.5. The van der Waals surface area contributed by atoms with E-state index in [1.54, 1.807) is 37.3 Å². The summed E-state index contributed by atoms with van der Waals surface area (Å²) >= 11 is 4.71. The van der Waals surface area contributed by atoms with Crippen molar-refractivity contribution >= 4 is 43.0 Å². The second-order valence-electron chi connectivity index (χ2n) is 3.95. The number of sulfonamides is 1. The van der Waals surface area contributed by atoms with Crippen LogP contribution in [0.4, 0.5) is 5.69 Å². The van der Waals surface area contributed by atoms with E-state index in [4.69, 9.17) is 5.73 Å². The van der Waals surface area contributed by atoms with Gasteiger partial charge in [-0.1, -0.05) is 15.9 Å². The molecule has 0 aliphatic rings. The largest absolute Gasteiger partial charge is 0.326 e. The Balaban J connectivity index is 2.31. The average molecular weight is 361 g/mol. The summed E-state index contributed by atoms with van der Waals surface area (Å²) in [7, 11) is -3.56. The number of aryl methyl sites for hydroxylation is 1. The molecule has 0 bridgehead atoms. The second kappa shape index (κ2) is 5.62. The van der Waals surface area contributed by atoms with Crippen molar-refractivity contribution in [3.05, 3.63) is 44.6 Å². The Hall–Kier alpha value is -0.890. The average Bonchev–Trinajstić information content (AvgIpc) is 2.74. The molecule has 0 radical (unpaired) electrons. The van der Waals surface area contributed by atoms with Crippen LogP contribution in [-0.4, -0.2) is 8.42 Å². The molecule has 19 heavy (non-hydrogen) atoms. The van der Waals surface area contributed by atoms with Gasteiger partial charge in [-0.05, 0) is 37.3 Å². The Morgan fingerprint density at radius 2 is 1.95 bits per heavy atom. The Morgan fingerprint density at radius 3 is 2.47 bits per heavy atom. The number of anilines is 1. The maximum Gasteiger partial charge on any atom is 0.263 e. The molecule has 0 aliphatic carbocycles. The lowest BCUT2D eigenvalue weighted by Gasteiger charge is -2.07. The summed E-state index contributed by atoms with van der Waals surface area (Å²) in [5.74, 6) is 0. The summed E-state index contributed by atoms with van der Waals surface area (Å²) in [5.41, 5.74) is 6.07. The minimum atomic E-state index is -3.56. The first-order valence-corrected chi connectivity index (χ1v) is 8.59. The molecular formula is C12H13BrN2O2S2. The zero-order valence-corrected chi connectivity index (χ0v) is 13.4. The van der Waals surface area contributed by atoms with Gasteiger partial charge in [-0.15, -0.1) is 11.3 Å². The van der Waals surface area contributed by atoms with Crippen LogP contribution >= 0.6 is 27.3 Å². The van der Waals surface area contributed by atoms with E-state index in [1.807, 2.05) is 0 Å². The minimum Gasteiger partial charge on any atom is -0.326 e. The molecule has 4 nitrogen and oxygen atoms in total. The van der Waals surface area contributed by atoms with Gasteiger partial charge < -0.3 is 5.73 Å². The van der Waals surface area contributed by atoms with Gasteiger partial charge in [0, 0.05) is 26.5 Å². The molecule has 0 aliphatic heterocycles. The first kappa shape index (κ1) is 14.5. The third-order valence-corrected chi connectivity index (χ3v) is 5.75. The fraction of sp³-hybridized carbons (Fsp3) is 0.167. The quantitative estimate of drug-likeness (QED) is 0.879. The lowest BCUT2D eigenvalue weighted by molar-refractivity contribution is 0.601. The monoisotopic (exact) mass is 360 g/mol. The fourth-order valence-corrected chi connectivity index (χ4v) is 4.46. The summed E-state index contributed by atoms with van der Waals surface area (Å²) in [5, 5.41) is 0. The van der Waals surface area contributed by atoms with Gasteiger partial charge in [-0.25, -0.2) is 8.42 Å². The Bertz CT molecular complexity index is 678. The van der Waals surface area contributed by atoms with Gasteiger partial charge in [-0.3, -0.25) is 4.72 Å². The van der Waals surface area contributed by atoms with Gasteiger partial charge in [-0.2, -0.15) is 0 Å². The minimum absolute atomic E-state index is 0.292. The molecule has 2 rings (SSSR count). The maximum absolute atomic E-state index is 12.3. The molecule has 0 spiro atoms. The van der Waals surface area contributed by atoms with E-state index in [9.17, 15) is 8.42 Å². The predicted molar refractivity (Wildman–Crippen MR) is 81.9 cm³/mol. The summed E-state index contributed by atoms with van der Waals surface area (Å²) in [4.78, 5) is 1.89. The molecule has 7 heteroatoms. The lowest BCUT2D eigenvalue weighted by Crippen LogP contribution is -2.13. The molecule has 2 aromatic rings. The maximum atomic E-state index is 12.3. The predicted octanol–water partition coefficient (Wildman–Crippen LogP) is 3.08. The summed E-state index contributed by atoms with van der Waals surface area (Å²) in [6.07, 6.45) is 0. The number of halogens is 1. The van der Waals surface area contributed by atoms with Crippen molar-refractivity contribution in [1.82, 2.24) is 0 Å². The standard InChI is InChI=1S/C12H13BrN2O2S2/c1-8-12(6-11(7-14)18-8)19(16,17)15-10-4-2-9(13)3-5-10/h2-6,15H,7,14H2,1H3. The highest BCUT2D eigenvalue weighted by Gasteiger charge is 2.19. The highest BCUT2D eigenvalue weighted by Crippen LogP contribution is 2.27. The van der Waals surface area contributed by atoms with Crippen molar-refractivity contribution in [2.75, 3.05) is 4.72 Å². The number of thiophene rings is 1. The van der Waals surface area contributed by atoms with Gasteiger partial charge in [0.25, 0.3) is 10.0 Å². The van der Waals surface area contributed by atoms with Crippen molar-refractivity contribution in [3.63, 3.8) is 0 Å². The summed E-state index contributed by atoms with van der Waals surface area (Å²) in [6, 6.07) is 8.59. The molecule has 0 unspecified atom stereocenters. The van der Waals surface area contributed by atoms with Crippen LogP contribution in [0.3, 0.4) is 0 Å². The Labute approximate surface area is 124 Å². The van der Waals surface area contributed by atoms with E-state index < -0.39 is 10.0 Å². The van der Waals surface area contributed by atoms with Crippen molar-refractivity contribution in [2.45, 2.75) is 18.4 Å². The van der Waals surface area contributed by atoms with E-state index in [0.717, 1.165) is 14.2 Å². The van der Waals surface area contributed by atoms with Gasteiger partial charge in [0.15, 0.2) is 0 Å². The van der Waals surface area contributed by atoms with Crippen molar-refractivity contribution in [3.8, 4) is 0 Å². The van der Waals surface area contributed by atoms with Gasteiger partial charge >= 0.3 is 0 Å². The van der Waals surface area contributed by atoms with E-state index in [-0.39, 0.29) is 0 Å². The van der Waals surface area contributed by atoms with Crippen molar-refractivity contribution < 1.29 is 8.42 Å². The van der Waals surface area contributed by atoms with E-state index >= 15 is 0 Å². The van der Waals surface area contributed by atoms with Crippen molar-refractivity contribution in [1.29, 1.82) is 0 Å². The fourth-order valence-electron chi connectivity index (χ4n) is 1.62. The smallest absolute Gasteiger partial charge is 0.263 e. The molecule has 1 aromatic carbocycles. The SMILES string of the molecule is Cc1sc(CN)cc1S(=O)(=O)Nc1ccc(Br)cc1. The molecular weight excluding hydrogens is 348 g/mol. The van der Waals surface area contributed by atoms with Crippen LogP contribution in [0.5, 0.6) is 0 Å². The number of nitrogens with two attached hydrogens (primary N) is 1. The van der Waals surface area contributed by atoms with Gasteiger partial charge in [0.1, 0.15) is 4.90 Å². The molecule has 3 N–H and O–H groups in total. The number of nitrogens with one attached hydrogen (secondary N) is 1. The van der Waals surface area contributed by atoms with Crippen LogP contribution in [0.1, 0.15) is 9.75 Å². The molecule has 1 aromatic heterocycles. The highest BCUT2D eigenvalue weighted by atomic mass is 79.9. The molecule has 0 fully saturated rings. The Kier molecular flexibility index (Phi) is 4.29. The first-order chi connectivity index (χ1) is 8.92. The number of hydrogen-bond donors (Lipinski definition) is 2. The van der Waals surface area contributed by atoms with Gasteiger partial charge in [0.05, 0.1) is 0 Å². The lowest BCUT2D eigenvalue weighted by atomic mass is 10.3. The topological polar surface area (TPSA) is 72.2 Å². The van der Waals surface area contributed by atoms with Crippen LogP contribution in [0.25, 0.3) is 0 Å². The number of benzene rings is 1.